The summed E-state index contributed by atoms with van der Waals surface area (Å²) in [5.41, 5.74) is 0.720. The Labute approximate surface area is 94.7 Å². The lowest BCUT2D eigenvalue weighted by molar-refractivity contribution is 0.101. The van der Waals surface area contributed by atoms with Crippen LogP contribution in [0.5, 0.6) is 0 Å². The summed E-state index contributed by atoms with van der Waals surface area (Å²) in [6.07, 6.45) is -0.351. The summed E-state index contributed by atoms with van der Waals surface area (Å²) < 4.78 is 0. The molecule has 0 aliphatic carbocycles. The Morgan fingerprint density at radius 1 is 1.40 bits per heavy atom. The third kappa shape index (κ3) is 3.68. The molecule has 0 saturated carbocycles. The van der Waals surface area contributed by atoms with Crippen molar-refractivity contribution in [3.63, 3.8) is 0 Å². The maximum atomic E-state index is 11.2. The van der Waals surface area contributed by atoms with Crippen LogP contribution in [0.4, 0.5) is 0 Å². The van der Waals surface area contributed by atoms with Crippen molar-refractivity contribution < 1.29 is 9.90 Å². The van der Waals surface area contributed by atoms with Gasteiger partial charge in [0.2, 0.25) is 0 Å². The van der Waals surface area contributed by atoms with Gasteiger partial charge in [0, 0.05) is 15.7 Å². The van der Waals surface area contributed by atoms with Crippen LogP contribution >= 0.6 is 11.8 Å². The molecule has 15 heavy (non-hydrogen) atoms. The van der Waals surface area contributed by atoms with Gasteiger partial charge in [0.25, 0.3) is 0 Å². The average Bonchev–Trinajstić information content (AvgIpc) is 2.18. The van der Waals surface area contributed by atoms with Crippen LogP contribution in [0.3, 0.4) is 0 Å². The Balaban J connectivity index is 2.78. The van der Waals surface area contributed by atoms with E-state index in [0.29, 0.717) is 0 Å². The highest BCUT2D eigenvalue weighted by atomic mass is 32.2. The van der Waals surface area contributed by atoms with Gasteiger partial charge >= 0.3 is 0 Å². The topological polar surface area (TPSA) is 37.3 Å². The van der Waals surface area contributed by atoms with Gasteiger partial charge in [-0.25, -0.2) is 0 Å². The van der Waals surface area contributed by atoms with Gasteiger partial charge in [0.15, 0.2) is 5.78 Å². The zero-order valence-corrected chi connectivity index (χ0v) is 10.0. The van der Waals surface area contributed by atoms with Crippen LogP contribution in [-0.4, -0.2) is 22.2 Å². The van der Waals surface area contributed by atoms with Crippen molar-refractivity contribution in [2.45, 2.75) is 37.0 Å². The molecule has 0 aliphatic heterocycles. The van der Waals surface area contributed by atoms with Crippen LogP contribution in [0, 0.1) is 0 Å². The fourth-order valence-corrected chi connectivity index (χ4v) is 2.08. The van der Waals surface area contributed by atoms with Crippen LogP contribution in [0.1, 0.15) is 31.1 Å². The van der Waals surface area contributed by atoms with E-state index in [2.05, 4.69) is 0 Å². The number of aliphatic hydroxyl groups is 1. The second kappa shape index (κ2) is 5.33. The molecule has 1 aromatic carbocycles. The Morgan fingerprint density at radius 3 is 2.60 bits per heavy atom. The summed E-state index contributed by atoms with van der Waals surface area (Å²) in [5.74, 6) is 0.0714. The fraction of sp³-hybridized carbons (Fsp3) is 0.417. The van der Waals surface area contributed by atoms with Crippen LogP contribution in [0.2, 0.25) is 0 Å². The normalized spacial score (nSPS) is 14.7. The summed E-state index contributed by atoms with van der Waals surface area (Å²) in [4.78, 5) is 12.2. The Bertz CT molecular complexity index is 347. The van der Waals surface area contributed by atoms with E-state index in [1.165, 1.54) is 0 Å². The molecule has 0 spiro atoms. The molecule has 0 aromatic heterocycles. The highest BCUT2D eigenvalue weighted by molar-refractivity contribution is 8.00. The lowest BCUT2D eigenvalue weighted by atomic mass is 10.2. The number of hydrogen-bond acceptors (Lipinski definition) is 3. The molecule has 3 heteroatoms. The Hall–Kier alpha value is -0.800. The number of benzene rings is 1. The minimum atomic E-state index is -0.351. The lowest BCUT2D eigenvalue weighted by Gasteiger charge is -2.14. The molecule has 82 valence electrons. The Kier molecular flexibility index (Phi) is 4.36. The SMILES string of the molecule is CC(=O)c1cccc(SC(C)C(C)O)c1. The van der Waals surface area contributed by atoms with Gasteiger partial charge in [-0.15, -0.1) is 11.8 Å². The maximum Gasteiger partial charge on any atom is 0.159 e. The van der Waals surface area contributed by atoms with E-state index in [1.807, 2.05) is 25.1 Å². The smallest absolute Gasteiger partial charge is 0.159 e. The van der Waals surface area contributed by atoms with E-state index < -0.39 is 0 Å². The summed E-state index contributed by atoms with van der Waals surface area (Å²) in [5, 5.41) is 9.50. The summed E-state index contributed by atoms with van der Waals surface area (Å²) in [6, 6.07) is 7.50. The molecule has 0 bridgehead atoms. The summed E-state index contributed by atoms with van der Waals surface area (Å²) >= 11 is 1.58. The molecule has 1 N–H and O–H groups in total. The first-order valence-corrected chi connectivity index (χ1v) is 5.84. The first-order chi connectivity index (χ1) is 7.00. The molecule has 2 atom stereocenters. The van der Waals surface area contributed by atoms with Crippen LogP contribution in [0.25, 0.3) is 0 Å². The van der Waals surface area contributed by atoms with Crippen molar-refractivity contribution in [2.75, 3.05) is 0 Å². The van der Waals surface area contributed by atoms with Crippen molar-refractivity contribution in [3.05, 3.63) is 29.8 Å². The number of carbonyl (C=O) groups is 1. The molecule has 1 aromatic rings. The summed E-state index contributed by atoms with van der Waals surface area (Å²) in [7, 11) is 0. The number of ketones is 1. The maximum absolute atomic E-state index is 11.2. The molecule has 0 heterocycles. The zero-order valence-electron chi connectivity index (χ0n) is 9.23. The molecular formula is C12H16O2S. The van der Waals surface area contributed by atoms with Crippen LogP contribution < -0.4 is 0 Å². The van der Waals surface area contributed by atoms with Gasteiger partial charge in [-0.3, -0.25) is 4.79 Å². The van der Waals surface area contributed by atoms with Crippen molar-refractivity contribution in [2.24, 2.45) is 0 Å². The molecule has 0 fully saturated rings. The number of aliphatic hydroxyl groups excluding tert-OH is 1. The number of carbonyl (C=O) groups excluding carboxylic acids is 1. The fourth-order valence-electron chi connectivity index (χ4n) is 1.10. The van der Waals surface area contributed by atoms with Gasteiger partial charge in [-0.1, -0.05) is 19.1 Å². The number of rotatable bonds is 4. The standard InChI is InChI=1S/C12H16O2S/c1-8(13)10(3)15-12-6-4-5-11(7-12)9(2)14/h4-8,10,13H,1-3H3. The average molecular weight is 224 g/mol. The van der Waals surface area contributed by atoms with Crippen molar-refractivity contribution in [3.8, 4) is 0 Å². The number of thioether (sulfide) groups is 1. The van der Waals surface area contributed by atoms with Gasteiger partial charge < -0.3 is 5.11 Å². The monoisotopic (exact) mass is 224 g/mol. The van der Waals surface area contributed by atoms with Gasteiger partial charge in [0.1, 0.15) is 0 Å². The van der Waals surface area contributed by atoms with Gasteiger partial charge in [-0.05, 0) is 26.0 Å². The second-order valence-corrected chi connectivity index (χ2v) is 5.10. The van der Waals surface area contributed by atoms with Crippen LogP contribution in [-0.2, 0) is 0 Å². The predicted molar refractivity (Wildman–Crippen MR) is 63.4 cm³/mol. The van der Waals surface area contributed by atoms with E-state index in [-0.39, 0.29) is 17.1 Å². The lowest BCUT2D eigenvalue weighted by Crippen LogP contribution is -2.14. The third-order valence-electron chi connectivity index (χ3n) is 2.24. The second-order valence-electron chi connectivity index (χ2n) is 3.65. The van der Waals surface area contributed by atoms with E-state index in [0.717, 1.165) is 10.5 Å². The first-order valence-electron chi connectivity index (χ1n) is 4.96. The van der Waals surface area contributed by atoms with Crippen molar-refractivity contribution >= 4 is 17.5 Å². The number of hydrogen-bond donors (Lipinski definition) is 1. The summed E-state index contributed by atoms with van der Waals surface area (Å²) in [6.45, 7) is 5.30. The highest BCUT2D eigenvalue weighted by Crippen LogP contribution is 2.25. The van der Waals surface area contributed by atoms with Crippen LogP contribution in [0.15, 0.2) is 29.2 Å². The van der Waals surface area contributed by atoms with E-state index in [4.69, 9.17) is 0 Å². The predicted octanol–water partition coefficient (Wildman–Crippen LogP) is 2.75. The van der Waals surface area contributed by atoms with Gasteiger partial charge in [-0.2, -0.15) is 0 Å². The quantitative estimate of drug-likeness (QED) is 0.631. The number of Topliss-reactive ketones (excluding diaryl/α,β-unsaturated/α-hetero) is 1. The van der Waals surface area contributed by atoms with Crippen molar-refractivity contribution in [1.82, 2.24) is 0 Å². The molecule has 0 saturated heterocycles. The van der Waals surface area contributed by atoms with E-state index >= 15 is 0 Å². The van der Waals surface area contributed by atoms with E-state index in [1.54, 1.807) is 31.7 Å². The third-order valence-corrected chi connectivity index (χ3v) is 3.53. The largest absolute Gasteiger partial charge is 0.392 e. The molecule has 0 amide bonds. The minimum Gasteiger partial charge on any atom is -0.392 e. The van der Waals surface area contributed by atoms with Gasteiger partial charge in [0.05, 0.1) is 6.10 Å². The van der Waals surface area contributed by atoms with E-state index in [9.17, 15) is 9.90 Å². The molecule has 2 nitrogen and oxygen atoms in total. The Morgan fingerprint density at radius 2 is 2.07 bits per heavy atom. The highest BCUT2D eigenvalue weighted by Gasteiger charge is 2.10. The first kappa shape index (κ1) is 12.3. The molecule has 1 rings (SSSR count). The zero-order chi connectivity index (χ0) is 11.4. The molecule has 0 aliphatic rings. The molecule has 0 radical (unpaired) electrons. The molecular weight excluding hydrogens is 208 g/mol. The van der Waals surface area contributed by atoms with Crippen molar-refractivity contribution in [1.29, 1.82) is 0 Å². The minimum absolute atomic E-state index is 0.0714. The molecule has 2 unspecified atom stereocenters.